The maximum Gasteiger partial charge on any atom is 0.150 e. The normalized spacial score (nSPS) is 17.0. The lowest BCUT2D eigenvalue weighted by atomic mass is 10.1. The molecule has 0 spiro atoms. The quantitative estimate of drug-likeness (QED) is 0.803. The van der Waals surface area contributed by atoms with Crippen molar-refractivity contribution in [2.45, 2.75) is 6.23 Å². The Balaban J connectivity index is 1.67. The Morgan fingerprint density at radius 1 is 0.875 bits per heavy atom. The number of hydrogen-bond donors (Lipinski definition) is 1. The van der Waals surface area contributed by atoms with Gasteiger partial charge in [0.25, 0.3) is 0 Å². The first-order valence-electron chi connectivity index (χ1n) is 7.83. The van der Waals surface area contributed by atoms with Gasteiger partial charge in [-0.25, -0.2) is 4.68 Å². The topological polar surface area (TPSA) is 41.3 Å². The van der Waals surface area contributed by atoms with Crippen molar-refractivity contribution in [1.82, 2.24) is 9.78 Å². The van der Waals surface area contributed by atoms with E-state index in [-0.39, 0.29) is 0 Å². The summed E-state index contributed by atoms with van der Waals surface area (Å²) >= 11 is 0. The zero-order valence-electron chi connectivity index (χ0n) is 13.0. The zero-order chi connectivity index (χ0) is 16.4. The number of anilines is 1. The summed E-state index contributed by atoms with van der Waals surface area (Å²) in [6.07, 6.45) is 8.82. The molecule has 2 heterocycles. The molecule has 1 unspecified atom stereocenters. The minimum atomic E-state index is -0.666. The number of benzene rings is 2. The number of nitrogens with zero attached hydrogens (tertiary/aromatic N) is 3. The van der Waals surface area contributed by atoms with E-state index >= 15 is 0 Å². The van der Waals surface area contributed by atoms with Gasteiger partial charge in [-0.2, -0.15) is 5.10 Å². The van der Waals surface area contributed by atoms with Gasteiger partial charge in [0.05, 0.1) is 11.9 Å². The number of allylic oxidation sites excluding steroid dienone is 2. The molecule has 4 heteroatoms. The lowest BCUT2D eigenvalue weighted by Gasteiger charge is -2.28. The molecule has 0 radical (unpaired) electrons. The van der Waals surface area contributed by atoms with Crippen LogP contribution in [0.1, 0.15) is 5.56 Å². The van der Waals surface area contributed by atoms with Crippen molar-refractivity contribution in [3.8, 4) is 5.69 Å². The fourth-order valence-corrected chi connectivity index (χ4v) is 2.74. The van der Waals surface area contributed by atoms with Crippen LogP contribution in [-0.2, 0) is 0 Å². The Morgan fingerprint density at radius 3 is 2.25 bits per heavy atom. The summed E-state index contributed by atoms with van der Waals surface area (Å²) in [7, 11) is 0. The molecule has 4 nitrogen and oxygen atoms in total. The van der Waals surface area contributed by atoms with Gasteiger partial charge in [-0.1, -0.05) is 42.5 Å². The summed E-state index contributed by atoms with van der Waals surface area (Å²) in [6, 6.07) is 19.8. The largest absolute Gasteiger partial charge is 0.370 e. The molecule has 3 aromatic rings. The number of hydrogen-bond acceptors (Lipinski definition) is 3. The molecular formula is C20H17N3O. The lowest BCUT2D eigenvalue weighted by Crippen LogP contribution is -2.30. The molecule has 0 aliphatic carbocycles. The zero-order valence-corrected chi connectivity index (χ0v) is 13.0. The predicted octanol–water partition coefficient (Wildman–Crippen LogP) is 3.61. The molecule has 2 aromatic carbocycles. The highest BCUT2D eigenvalue weighted by Gasteiger charge is 2.17. The molecule has 4 rings (SSSR count). The molecule has 24 heavy (non-hydrogen) atoms. The van der Waals surface area contributed by atoms with Crippen LogP contribution in [0.15, 0.2) is 91.4 Å². The van der Waals surface area contributed by atoms with E-state index in [0.717, 1.165) is 22.5 Å². The van der Waals surface area contributed by atoms with E-state index in [0.29, 0.717) is 0 Å². The lowest BCUT2D eigenvalue weighted by molar-refractivity contribution is 0.227. The molecule has 1 aliphatic rings. The van der Waals surface area contributed by atoms with Gasteiger partial charge < -0.3 is 10.0 Å². The molecular weight excluding hydrogens is 298 g/mol. The van der Waals surface area contributed by atoms with Crippen molar-refractivity contribution in [1.29, 1.82) is 0 Å². The van der Waals surface area contributed by atoms with Gasteiger partial charge >= 0.3 is 0 Å². The molecule has 0 saturated heterocycles. The van der Waals surface area contributed by atoms with Crippen LogP contribution in [0.4, 0.5) is 5.69 Å². The van der Waals surface area contributed by atoms with E-state index in [1.54, 1.807) is 6.08 Å². The van der Waals surface area contributed by atoms with Crippen molar-refractivity contribution < 1.29 is 5.11 Å². The van der Waals surface area contributed by atoms with Crippen LogP contribution in [0.5, 0.6) is 0 Å². The van der Waals surface area contributed by atoms with E-state index in [1.807, 2.05) is 94.9 Å². The second-order valence-corrected chi connectivity index (χ2v) is 5.61. The van der Waals surface area contributed by atoms with Crippen LogP contribution < -0.4 is 4.90 Å². The Labute approximate surface area is 140 Å². The van der Waals surface area contributed by atoms with Crippen molar-refractivity contribution in [2.24, 2.45) is 0 Å². The summed E-state index contributed by atoms with van der Waals surface area (Å²) < 4.78 is 1.85. The molecule has 0 bridgehead atoms. The molecule has 0 fully saturated rings. The standard InChI is InChI=1S/C20H17N3O/c24-20-12-11-16(14-22(20)18-7-3-1-4-8-18)17-13-21-23(15-17)19-9-5-2-6-10-19/h1-15,20,24H. The maximum absolute atomic E-state index is 10.2. The second-order valence-electron chi connectivity index (χ2n) is 5.61. The van der Waals surface area contributed by atoms with Crippen LogP contribution in [0, 0.1) is 0 Å². The summed E-state index contributed by atoms with van der Waals surface area (Å²) in [4.78, 5) is 1.84. The summed E-state index contributed by atoms with van der Waals surface area (Å²) in [5, 5.41) is 14.7. The average molecular weight is 315 g/mol. The minimum absolute atomic E-state index is 0.666. The monoisotopic (exact) mass is 315 g/mol. The smallest absolute Gasteiger partial charge is 0.150 e. The highest BCUT2D eigenvalue weighted by Crippen LogP contribution is 2.26. The highest BCUT2D eigenvalue weighted by molar-refractivity contribution is 5.78. The van der Waals surface area contributed by atoms with Crippen LogP contribution in [0.3, 0.4) is 0 Å². The van der Waals surface area contributed by atoms with Gasteiger partial charge in [-0.15, -0.1) is 0 Å². The third kappa shape index (κ3) is 2.75. The number of para-hydroxylation sites is 2. The molecule has 1 aromatic heterocycles. The summed E-state index contributed by atoms with van der Waals surface area (Å²) in [5.41, 5.74) is 3.97. The SMILES string of the molecule is OC1C=CC(c2cnn(-c3ccccc3)c2)=CN1c1ccccc1. The fourth-order valence-electron chi connectivity index (χ4n) is 2.74. The fraction of sp³-hybridized carbons (Fsp3) is 0.0500. The van der Waals surface area contributed by atoms with Crippen molar-refractivity contribution >= 4 is 11.3 Å². The third-order valence-electron chi connectivity index (χ3n) is 4.00. The molecule has 0 amide bonds. The van der Waals surface area contributed by atoms with Crippen LogP contribution in [-0.4, -0.2) is 21.1 Å². The molecule has 1 aliphatic heterocycles. The molecule has 1 atom stereocenters. The molecule has 0 saturated carbocycles. The Kier molecular flexibility index (Phi) is 3.73. The Bertz CT molecular complexity index is 882. The summed E-state index contributed by atoms with van der Waals surface area (Å²) in [6.45, 7) is 0. The minimum Gasteiger partial charge on any atom is -0.370 e. The van der Waals surface area contributed by atoms with E-state index in [4.69, 9.17) is 0 Å². The van der Waals surface area contributed by atoms with Gasteiger partial charge in [0.1, 0.15) is 6.23 Å². The van der Waals surface area contributed by atoms with Crippen LogP contribution in [0.25, 0.3) is 11.3 Å². The number of aliphatic hydroxyl groups is 1. The number of aromatic nitrogens is 2. The third-order valence-corrected chi connectivity index (χ3v) is 4.00. The maximum atomic E-state index is 10.2. The van der Waals surface area contributed by atoms with E-state index in [2.05, 4.69) is 5.10 Å². The van der Waals surface area contributed by atoms with Gasteiger partial charge in [-0.05, 0) is 30.3 Å². The van der Waals surface area contributed by atoms with Crippen molar-refractivity contribution in [3.63, 3.8) is 0 Å². The van der Waals surface area contributed by atoms with E-state index in [9.17, 15) is 5.11 Å². The molecule has 1 N–H and O–H groups in total. The van der Waals surface area contributed by atoms with E-state index < -0.39 is 6.23 Å². The number of aliphatic hydroxyl groups excluding tert-OH is 1. The van der Waals surface area contributed by atoms with Crippen LogP contribution in [0.2, 0.25) is 0 Å². The van der Waals surface area contributed by atoms with Gasteiger partial charge in [0.2, 0.25) is 0 Å². The van der Waals surface area contributed by atoms with E-state index in [1.165, 1.54) is 0 Å². The van der Waals surface area contributed by atoms with Gasteiger partial charge in [0.15, 0.2) is 0 Å². The second kappa shape index (κ2) is 6.18. The Morgan fingerprint density at radius 2 is 1.54 bits per heavy atom. The molecule has 118 valence electrons. The highest BCUT2D eigenvalue weighted by atomic mass is 16.3. The van der Waals surface area contributed by atoms with Crippen molar-refractivity contribution in [3.05, 3.63) is 97.0 Å². The summed E-state index contributed by atoms with van der Waals surface area (Å²) in [5.74, 6) is 0. The first kappa shape index (κ1) is 14.5. The van der Waals surface area contributed by atoms with Gasteiger partial charge in [-0.3, -0.25) is 0 Å². The first-order valence-corrected chi connectivity index (χ1v) is 7.83. The van der Waals surface area contributed by atoms with Gasteiger partial charge in [0, 0.05) is 29.2 Å². The Hall–Kier alpha value is -3.11. The predicted molar refractivity (Wildman–Crippen MR) is 95.6 cm³/mol. The van der Waals surface area contributed by atoms with Crippen LogP contribution >= 0.6 is 0 Å². The average Bonchev–Trinajstić information content (AvgIpc) is 3.14. The number of rotatable bonds is 3. The first-order chi connectivity index (χ1) is 11.8. The van der Waals surface area contributed by atoms with Crippen molar-refractivity contribution in [2.75, 3.05) is 4.90 Å².